The molecule has 1 saturated heterocycles. The predicted molar refractivity (Wildman–Crippen MR) is 77.4 cm³/mol. The largest absolute Gasteiger partial charge is 0.478 e. The Morgan fingerprint density at radius 1 is 1.38 bits per heavy atom. The molecule has 0 saturated carbocycles. The summed E-state index contributed by atoms with van der Waals surface area (Å²) in [6.07, 6.45) is 5.24. The van der Waals surface area contributed by atoms with Crippen molar-refractivity contribution in [2.45, 2.75) is 32.2 Å². The molecule has 1 aromatic carbocycles. The predicted octanol–water partition coefficient (Wildman–Crippen LogP) is 2.94. The Morgan fingerprint density at radius 2 is 2.14 bits per heavy atom. The minimum atomic E-state index is -1.09. The van der Waals surface area contributed by atoms with Crippen LogP contribution < -0.4 is 0 Å². The highest BCUT2D eigenvalue weighted by molar-refractivity contribution is 5.95. The van der Waals surface area contributed by atoms with Crippen LogP contribution in [0.1, 0.15) is 42.1 Å². The summed E-state index contributed by atoms with van der Waals surface area (Å²) in [5.41, 5.74) is 0.489. The van der Waals surface area contributed by atoms with E-state index < -0.39 is 11.8 Å². The molecule has 1 fully saturated rings. The van der Waals surface area contributed by atoms with Gasteiger partial charge >= 0.3 is 5.97 Å². The zero-order valence-corrected chi connectivity index (χ0v) is 11.9. The molecule has 0 bridgehead atoms. The van der Waals surface area contributed by atoms with Gasteiger partial charge in [0.2, 0.25) is 0 Å². The van der Waals surface area contributed by atoms with Crippen molar-refractivity contribution in [3.63, 3.8) is 0 Å². The van der Waals surface area contributed by atoms with E-state index in [0.717, 1.165) is 25.3 Å². The van der Waals surface area contributed by atoms with E-state index >= 15 is 0 Å². The molecule has 5 heteroatoms. The summed E-state index contributed by atoms with van der Waals surface area (Å²) < 4.78 is 13.9. The second kappa shape index (κ2) is 6.52. The SMILES string of the molecule is CC1CCCCN1C(=O)c1cc(C=CC(=O)O)ccc1F. The number of hydrogen-bond acceptors (Lipinski definition) is 2. The number of amides is 1. The zero-order valence-electron chi connectivity index (χ0n) is 11.9. The highest BCUT2D eigenvalue weighted by atomic mass is 19.1. The average molecular weight is 291 g/mol. The van der Waals surface area contributed by atoms with E-state index in [4.69, 9.17) is 5.11 Å². The molecule has 21 heavy (non-hydrogen) atoms. The highest BCUT2D eigenvalue weighted by Gasteiger charge is 2.26. The molecule has 1 amide bonds. The van der Waals surface area contributed by atoms with Crippen molar-refractivity contribution >= 4 is 18.0 Å². The van der Waals surface area contributed by atoms with Gasteiger partial charge in [0.1, 0.15) is 5.82 Å². The molecule has 1 aromatic rings. The standard InChI is InChI=1S/C16H18FNO3/c1-11-4-2-3-9-18(11)16(21)13-10-12(5-7-14(13)17)6-8-15(19)20/h5-8,10-11H,2-4,9H2,1H3,(H,19,20). The van der Waals surface area contributed by atoms with E-state index in [1.54, 1.807) is 4.90 Å². The van der Waals surface area contributed by atoms with E-state index in [0.29, 0.717) is 12.1 Å². The van der Waals surface area contributed by atoms with Crippen LogP contribution in [0.3, 0.4) is 0 Å². The number of carbonyl (C=O) groups is 2. The molecule has 0 spiro atoms. The van der Waals surface area contributed by atoms with Crippen LogP contribution in [-0.4, -0.2) is 34.5 Å². The smallest absolute Gasteiger partial charge is 0.328 e. The Balaban J connectivity index is 2.27. The van der Waals surface area contributed by atoms with E-state index in [2.05, 4.69) is 0 Å². The van der Waals surface area contributed by atoms with Gasteiger partial charge in [-0.2, -0.15) is 0 Å². The van der Waals surface area contributed by atoms with Gasteiger partial charge in [0.15, 0.2) is 0 Å². The molecule has 4 nitrogen and oxygen atoms in total. The summed E-state index contributed by atoms with van der Waals surface area (Å²) in [5, 5.41) is 8.61. The van der Waals surface area contributed by atoms with Gasteiger partial charge in [0.05, 0.1) is 5.56 Å². The third-order valence-electron chi connectivity index (χ3n) is 3.70. The number of benzene rings is 1. The maximum atomic E-state index is 13.9. The fourth-order valence-corrected chi connectivity index (χ4v) is 2.53. The topological polar surface area (TPSA) is 57.6 Å². The van der Waals surface area contributed by atoms with Gasteiger partial charge in [-0.05, 0) is 50.0 Å². The van der Waals surface area contributed by atoms with Crippen LogP contribution in [-0.2, 0) is 4.79 Å². The Kier molecular flexibility index (Phi) is 4.73. The third-order valence-corrected chi connectivity index (χ3v) is 3.70. The van der Waals surface area contributed by atoms with E-state index in [1.807, 2.05) is 6.92 Å². The Labute approximate surface area is 122 Å². The minimum absolute atomic E-state index is 0.00344. The van der Waals surface area contributed by atoms with Gasteiger partial charge in [-0.3, -0.25) is 4.79 Å². The molecule has 1 heterocycles. The lowest BCUT2D eigenvalue weighted by molar-refractivity contribution is -0.131. The van der Waals surface area contributed by atoms with Crippen molar-refractivity contribution in [3.05, 3.63) is 41.2 Å². The van der Waals surface area contributed by atoms with Gasteiger partial charge in [0, 0.05) is 18.7 Å². The average Bonchev–Trinajstić information content (AvgIpc) is 2.46. The van der Waals surface area contributed by atoms with Crippen molar-refractivity contribution in [2.24, 2.45) is 0 Å². The number of carboxylic acid groups (broad SMARTS) is 1. The number of nitrogens with zero attached hydrogens (tertiary/aromatic N) is 1. The molecule has 1 N–H and O–H groups in total. The molecule has 112 valence electrons. The number of halogens is 1. The molecular weight excluding hydrogens is 273 g/mol. The molecule has 1 aliphatic rings. The summed E-state index contributed by atoms with van der Waals surface area (Å²) in [7, 11) is 0. The number of carboxylic acids is 1. The molecule has 2 rings (SSSR count). The van der Waals surface area contributed by atoms with Gasteiger partial charge in [0.25, 0.3) is 5.91 Å². The fourth-order valence-electron chi connectivity index (χ4n) is 2.53. The van der Waals surface area contributed by atoms with Crippen LogP contribution >= 0.6 is 0 Å². The van der Waals surface area contributed by atoms with Crippen molar-refractivity contribution < 1.29 is 19.1 Å². The number of hydrogen-bond donors (Lipinski definition) is 1. The molecule has 1 aliphatic heterocycles. The van der Waals surface area contributed by atoms with Gasteiger partial charge in [-0.1, -0.05) is 6.07 Å². The van der Waals surface area contributed by atoms with Crippen LogP contribution in [0, 0.1) is 5.82 Å². The van der Waals surface area contributed by atoms with Gasteiger partial charge in [-0.25, -0.2) is 9.18 Å². The second-order valence-electron chi connectivity index (χ2n) is 5.25. The first kappa shape index (κ1) is 15.2. The maximum absolute atomic E-state index is 13.9. The van der Waals surface area contributed by atoms with Crippen LogP contribution in [0.4, 0.5) is 4.39 Å². The third kappa shape index (κ3) is 3.68. The van der Waals surface area contributed by atoms with Crippen LogP contribution in [0.25, 0.3) is 6.08 Å². The quantitative estimate of drug-likeness (QED) is 0.871. The molecule has 0 aromatic heterocycles. The lowest BCUT2D eigenvalue weighted by Crippen LogP contribution is -2.42. The molecular formula is C16H18FNO3. The zero-order chi connectivity index (χ0) is 15.4. The normalized spacial score (nSPS) is 19.0. The van der Waals surface area contributed by atoms with Crippen molar-refractivity contribution in [1.82, 2.24) is 4.90 Å². The van der Waals surface area contributed by atoms with E-state index in [-0.39, 0.29) is 17.5 Å². The number of carbonyl (C=O) groups excluding carboxylic acids is 1. The van der Waals surface area contributed by atoms with E-state index in [9.17, 15) is 14.0 Å². The first-order valence-electron chi connectivity index (χ1n) is 7.00. The first-order valence-corrected chi connectivity index (χ1v) is 7.00. The lowest BCUT2D eigenvalue weighted by Gasteiger charge is -2.33. The number of aliphatic carboxylic acids is 1. The number of likely N-dealkylation sites (tertiary alicyclic amines) is 1. The summed E-state index contributed by atoms with van der Waals surface area (Å²) in [5.74, 6) is -1.99. The van der Waals surface area contributed by atoms with Crippen molar-refractivity contribution in [1.29, 1.82) is 0 Å². The van der Waals surface area contributed by atoms with Gasteiger partial charge < -0.3 is 10.0 Å². The first-order chi connectivity index (χ1) is 9.99. The summed E-state index contributed by atoms with van der Waals surface area (Å²) in [6.45, 7) is 2.60. The molecule has 1 atom stereocenters. The van der Waals surface area contributed by atoms with Crippen LogP contribution in [0.5, 0.6) is 0 Å². The fraction of sp³-hybridized carbons (Fsp3) is 0.375. The lowest BCUT2D eigenvalue weighted by atomic mass is 10.0. The summed E-state index contributed by atoms with van der Waals surface area (Å²) >= 11 is 0. The van der Waals surface area contributed by atoms with E-state index in [1.165, 1.54) is 24.3 Å². The number of piperidine rings is 1. The van der Waals surface area contributed by atoms with Crippen LogP contribution in [0.2, 0.25) is 0 Å². The van der Waals surface area contributed by atoms with Crippen molar-refractivity contribution in [3.8, 4) is 0 Å². The monoisotopic (exact) mass is 291 g/mol. The molecule has 0 aliphatic carbocycles. The Bertz CT molecular complexity index is 583. The van der Waals surface area contributed by atoms with Crippen LogP contribution in [0.15, 0.2) is 24.3 Å². The summed E-state index contributed by atoms with van der Waals surface area (Å²) in [6, 6.07) is 4.15. The molecule has 1 unspecified atom stereocenters. The highest BCUT2D eigenvalue weighted by Crippen LogP contribution is 2.21. The second-order valence-corrected chi connectivity index (χ2v) is 5.25. The Hall–Kier alpha value is -2.17. The Morgan fingerprint density at radius 3 is 2.81 bits per heavy atom. The van der Waals surface area contributed by atoms with Gasteiger partial charge in [-0.15, -0.1) is 0 Å². The maximum Gasteiger partial charge on any atom is 0.328 e. The van der Waals surface area contributed by atoms with Crippen molar-refractivity contribution in [2.75, 3.05) is 6.54 Å². The molecule has 0 radical (unpaired) electrons. The number of rotatable bonds is 3. The minimum Gasteiger partial charge on any atom is -0.478 e. The summed E-state index contributed by atoms with van der Waals surface area (Å²) in [4.78, 5) is 24.7.